The molecule has 0 aliphatic heterocycles. The first-order valence-electron chi connectivity index (χ1n) is 9.36. The third-order valence-electron chi connectivity index (χ3n) is 4.73. The molecule has 0 heterocycles. The number of hydrogen-bond acceptors (Lipinski definition) is 3. The van der Waals surface area contributed by atoms with Crippen molar-refractivity contribution >= 4 is 5.91 Å². The van der Waals surface area contributed by atoms with E-state index in [0.717, 1.165) is 25.3 Å². The van der Waals surface area contributed by atoms with Gasteiger partial charge in [0.1, 0.15) is 5.75 Å². The zero-order chi connectivity index (χ0) is 18.8. The lowest BCUT2D eigenvalue weighted by Crippen LogP contribution is -2.38. The molecule has 0 fully saturated rings. The second kappa shape index (κ2) is 10.6. The van der Waals surface area contributed by atoms with E-state index >= 15 is 0 Å². The number of likely N-dealkylation sites (N-methyl/N-ethyl adjacent to an activating group) is 1. The van der Waals surface area contributed by atoms with Crippen LogP contribution >= 0.6 is 0 Å². The summed E-state index contributed by atoms with van der Waals surface area (Å²) in [6.07, 6.45) is 1.28. The Kier molecular flexibility index (Phi) is 8.16. The average Bonchev–Trinajstić information content (AvgIpc) is 2.70. The molecule has 1 N–H and O–H groups in total. The molecule has 4 heteroatoms. The van der Waals surface area contributed by atoms with Crippen LogP contribution in [0.3, 0.4) is 0 Å². The highest BCUT2D eigenvalue weighted by Crippen LogP contribution is 2.22. The normalized spacial score (nSPS) is 12.0. The Labute approximate surface area is 157 Å². The predicted molar refractivity (Wildman–Crippen MR) is 106 cm³/mol. The van der Waals surface area contributed by atoms with Gasteiger partial charge in [-0.15, -0.1) is 0 Å². The van der Waals surface area contributed by atoms with Gasteiger partial charge in [-0.05, 0) is 42.8 Å². The second-order valence-corrected chi connectivity index (χ2v) is 6.30. The minimum atomic E-state index is 0.0968. The number of amides is 1. The van der Waals surface area contributed by atoms with Gasteiger partial charge in [-0.2, -0.15) is 0 Å². The maximum Gasteiger partial charge on any atom is 0.220 e. The van der Waals surface area contributed by atoms with Gasteiger partial charge in [0.25, 0.3) is 0 Å². The van der Waals surface area contributed by atoms with Crippen molar-refractivity contribution in [1.29, 1.82) is 0 Å². The summed E-state index contributed by atoms with van der Waals surface area (Å²) in [7, 11) is 1.67. The smallest absolute Gasteiger partial charge is 0.220 e. The summed E-state index contributed by atoms with van der Waals surface area (Å²) < 4.78 is 5.25. The first-order valence-corrected chi connectivity index (χ1v) is 9.36. The van der Waals surface area contributed by atoms with E-state index in [1.54, 1.807) is 7.11 Å². The molecule has 2 aromatic rings. The number of benzene rings is 2. The lowest BCUT2D eigenvalue weighted by molar-refractivity contribution is -0.121. The van der Waals surface area contributed by atoms with Crippen LogP contribution in [0, 0.1) is 0 Å². The van der Waals surface area contributed by atoms with Crippen LogP contribution in [0.2, 0.25) is 0 Å². The van der Waals surface area contributed by atoms with Gasteiger partial charge in [0, 0.05) is 13.0 Å². The first kappa shape index (κ1) is 20.0. The van der Waals surface area contributed by atoms with Crippen molar-refractivity contribution in [3.63, 3.8) is 0 Å². The molecule has 0 bridgehead atoms. The van der Waals surface area contributed by atoms with E-state index in [1.807, 2.05) is 30.3 Å². The monoisotopic (exact) mass is 354 g/mol. The van der Waals surface area contributed by atoms with E-state index in [9.17, 15) is 4.79 Å². The zero-order valence-electron chi connectivity index (χ0n) is 16.1. The fraction of sp³-hybridized carbons (Fsp3) is 0.409. The third-order valence-corrected chi connectivity index (χ3v) is 4.73. The molecule has 0 saturated heterocycles. The minimum Gasteiger partial charge on any atom is -0.497 e. The van der Waals surface area contributed by atoms with E-state index in [2.05, 4.69) is 48.3 Å². The van der Waals surface area contributed by atoms with E-state index in [0.29, 0.717) is 13.0 Å². The maximum atomic E-state index is 12.3. The van der Waals surface area contributed by atoms with Gasteiger partial charge in [0.05, 0.1) is 13.2 Å². The Bertz CT molecular complexity index is 652. The number of ether oxygens (including phenoxy) is 1. The summed E-state index contributed by atoms with van der Waals surface area (Å²) in [4.78, 5) is 14.7. The van der Waals surface area contributed by atoms with Gasteiger partial charge in [-0.3, -0.25) is 9.69 Å². The largest absolute Gasteiger partial charge is 0.497 e. The van der Waals surface area contributed by atoms with E-state index in [-0.39, 0.29) is 11.9 Å². The summed E-state index contributed by atoms with van der Waals surface area (Å²) in [6, 6.07) is 18.4. The molecule has 0 spiro atoms. The average molecular weight is 354 g/mol. The molecular formula is C22H30N2O2. The quantitative estimate of drug-likeness (QED) is 0.705. The van der Waals surface area contributed by atoms with Crippen LogP contribution in [0.5, 0.6) is 5.75 Å². The lowest BCUT2D eigenvalue weighted by Gasteiger charge is -2.30. The fourth-order valence-corrected chi connectivity index (χ4v) is 3.15. The molecule has 0 saturated carbocycles. The lowest BCUT2D eigenvalue weighted by atomic mass is 10.0. The van der Waals surface area contributed by atoms with Gasteiger partial charge in [-0.25, -0.2) is 0 Å². The number of aryl methyl sites for hydroxylation is 1. The van der Waals surface area contributed by atoms with Crippen LogP contribution in [0.1, 0.15) is 37.4 Å². The highest BCUT2D eigenvalue weighted by atomic mass is 16.5. The number of hydrogen-bond donors (Lipinski definition) is 1. The predicted octanol–water partition coefficient (Wildman–Crippen LogP) is 3.83. The molecule has 4 nitrogen and oxygen atoms in total. The number of carbonyl (C=O) groups excluding carboxylic acids is 1. The Morgan fingerprint density at radius 2 is 1.69 bits per heavy atom. The van der Waals surface area contributed by atoms with Crippen LogP contribution in [-0.2, 0) is 11.2 Å². The Morgan fingerprint density at radius 3 is 2.27 bits per heavy atom. The van der Waals surface area contributed by atoms with Gasteiger partial charge in [-0.1, -0.05) is 56.3 Å². The van der Waals surface area contributed by atoms with E-state index in [1.165, 1.54) is 11.1 Å². The van der Waals surface area contributed by atoms with Crippen LogP contribution in [0.25, 0.3) is 0 Å². The van der Waals surface area contributed by atoms with E-state index in [4.69, 9.17) is 4.74 Å². The molecule has 0 aromatic heterocycles. The Hall–Kier alpha value is -2.33. The van der Waals surface area contributed by atoms with Crippen molar-refractivity contribution in [2.45, 2.75) is 32.7 Å². The standard InChI is InChI=1S/C22H30N2O2/c1-4-24(5-2)21(19-12-14-20(26-3)15-13-19)17-23-22(25)16-11-18-9-7-6-8-10-18/h6-10,12-15,21H,4-5,11,16-17H2,1-3H3,(H,23,25). The molecular weight excluding hydrogens is 324 g/mol. The number of nitrogens with one attached hydrogen (secondary N) is 1. The zero-order valence-corrected chi connectivity index (χ0v) is 16.1. The number of rotatable bonds is 10. The molecule has 140 valence electrons. The highest BCUT2D eigenvalue weighted by molar-refractivity contribution is 5.76. The summed E-state index contributed by atoms with van der Waals surface area (Å²) in [5.41, 5.74) is 2.39. The van der Waals surface area contributed by atoms with Gasteiger partial charge in [0.2, 0.25) is 5.91 Å². The Morgan fingerprint density at radius 1 is 1.04 bits per heavy atom. The minimum absolute atomic E-state index is 0.0968. The van der Waals surface area contributed by atoms with Crippen LogP contribution in [0.15, 0.2) is 54.6 Å². The van der Waals surface area contributed by atoms with Crippen molar-refractivity contribution in [2.75, 3.05) is 26.7 Å². The van der Waals surface area contributed by atoms with Crippen molar-refractivity contribution in [3.05, 3.63) is 65.7 Å². The van der Waals surface area contributed by atoms with Gasteiger partial charge in [0.15, 0.2) is 0 Å². The van der Waals surface area contributed by atoms with Crippen molar-refractivity contribution in [3.8, 4) is 5.75 Å². The molecule has 1 unspecified atom stereocenters. The molecule has 2 aromatic carbocycles. The van der Waals surface area contributed by atoms with Crippen LogP contribution in [0.4, 0.5) is 0 Å². The van der Waals surface area contributed by atoms with Crippen molar-refractivity contribution in [1.82, 2.24) is 10.2 Å². The van der Waals surface area contributed by atoms with Crippen molar-refractivity contribution in [2.24, 2.45) is 0 Å². The highest BCUT2D eigenvalue weighted by Gasteiger charge is 2.19. The number of methoxy groups -OCH3 is 1. The molecule has 2 rings (SSSR count). The number of nitrogens with zero attached hydrogens (tertiary/aromatic N) is 1. The molecule has 0 radical (unpaired) electrons. The SMILES string of the molecule is CCN(CC)C(CNC(=O)CCc1ccccc1)c1ccc(OC)cc1. The summed E-state index contributed by atoms with van der Waals surface area (Å²) >= 11 is 0. The topological polar surface area (TPSA) is 41.6 Å². The maximum absolute atomic E-state index is 12.3. The number of carbonyl (C=O) groups is 1. The van der Waals surface area contributed by atoms with Crippen LogP contribution in [-0.4, -0.2) is 37.6 Å². The van der Waals surface area contributed by atoms with Gasteiger partial charge < -0.3 is 10.1 Å². The summed E-state index contributed by atoms with van der Waals surface area (Å²) in [5, 5.41) is 3.12. The van der Waals surface area contributed by atoms with E-state index < -0.39 is 0 Å². The van der Waals surface area contributed by atoms with Gasteiger partial charge >= 0.3 is 0 Å². The molecule has 1 atom stereocenters. The molecule has 26 heavy (non-hydrogen) atoms. The first-order chi connectivity index (χ1) is 12.7. The third kappa shape index (κ3) is 5.88. The van der Waals surface area contributed by atoms with Crippen LogP contribution < -0.4 is 10.1 Å². The molecule has 0 aliphatic rings. The second-order valence-electron chi connectivity index (χ2n) is 6.30. The molecule has 0 aliphatic carbocycles. The summed E-state index contributed by atoms with van der Waals surface area (Å²) in [6.45, 7) is 6.79. The molecule has 1 amide bonds. The Balaban J connectivity index is 1.96. The summed E-state index contributed by atoms with van der Waals surface area (Å²) in [5.74, 6) is 0.943. The van der Waals surface area contributed by atoms with Crippen molar-refractivity contribution < 1.29 is 9.53 Å². The fourth-order valence-electron chi connectivity index (χ4n) is 3.15.